The minimum atomic E-state index is -3.47. The Hall–Kier alpha value is -1.93. The Kier molecular flexibility index (Phi) is 6.71. The quantitative estimate of drug-likeness (QED) is 0.735. The van der Waals surface area contributed by atoms with Crippen LogP contribution in [0.25, 0.3) is 0 Å². The fourth-order valence-corrected chi connectivity index (χ4v) is 2.55. The Bertz CT molecular complexity index is 654. The fraction of sp³-hybridized carbons (Fsp3) is 0.467. The normalized spacial score (nSPS) is 12.7. The largest absolute Gasteiger partial charge is 0.345 e. The Morgan fingerprint density at radius 1 is 1.13 bits per heavy atom. The predicted molar refractivity (Wildman–Crippen MR) is 87.1 cm³/mol. The first kappa shape index (κ1) is 19.1. The van der Waals surface area contributed by atoms with E-state index in [9.17, 15) is 18.0 Å². The molecule has 0 saturated heterocycles. The zero-order valence-electron chi connectivity index (χ0n) is 13.8. The van der Waals surface area contributed by atoms with Gasteiger partial charge in [-0.1, -0.05) is 19.1 Å². The minimum absolute atomic E-state index is 0.0660. The smallest absolute Gasteiger partial charge is 0.309 e. The van der Waals surface area contributed by atoms with Gasteiger partial charge in [-0.3, -0.25) is 9.59 Å². The van der Waals surface area contributed by atoms with Crippen LogP contribution in [0.5, 0.6) is 0 Å². The molecule has 0 spiro atoms. The summed E-state index contributed by atoms with van der Waals surface area (Å²) in [6, 6.07) is 6.07. The molecule has 2 amide bonds. The average Bonchev–Trinajstić information content (AvgIpc) is 2.52. The van der Waals surface area contributed by atoms with Gasteiger partial charge in [0.25, 0.3) is 0 Å². The predicted octanol–water partition coefficient (Wildman–Crippen LogP) is 0.468. The van der Waals surface area contributed by atoms with Gasteiger partial charge in [0.2, 0.25) is 10.0 Å². The van der Waals surface area contributed by atoms with Gasteiger partial charge in [-0.15, -0.1) is 0 Å². The maximum absolute atomic E-state index is 11.9. The van der Waals surface area contributed by atoms with E-state index in [2.05, 4.69) is 10.6 Å². The lowest BCUT2D eigenvalue weighted by molar-refractivity contribution is -0.139. The van der Waals surface area contributed by atoms with Gasteiger partial charge in [-0.2, -0.15) is 0 Å². The molecular weight excluding hydrogens is 318 g/mol. The van der Waals surface area contributed by atoms with Gasteiger partial charge >= 0.3 is 11.8 Å². The van der Waals surface area contributed by atoms with Crippen molar-refractivity contribution in [1.29, 1.82) is 0 Å². The summed E-state index contributed by atoms with van der Waals surface area (Å²) in [5, 5.41) is 5.07. The third-order valence-electron chi connectivity index (χ3n) is 3.35. The first-order valence-corrected chi connectivity index (χ1v) is 8.72. The molecule has 0 unspecified atom stereocenters. The van der Waals surface area contributed by atoms with Crippen LogP contribution in [0, 0.1) is 0 Å². The molecule has 8 heteroatoms. The summed E-state index contributed by atoms with van der Waals surface area (Å²) in [5.41, 5.74) is 0.701. The van der Waals surface area contributed by atoms with E-state index in [-0.39, 0.29) is 17.5 Å². The summed E-state index contributed by atoms with van der Waals surface area (Å²) in [7, 11) is -0.557. The molecule has 0 bridgehead atoms. The lowest BCUT2D eigenvalue weighted by Crippen LogP contribution is -2.43. The maximum Gasteiger partial charge on any atom is 0.309 e. The highest BCUT2D eigenvalue weighted by molar-refractivity contribution is 7.89. The Balaban J connectivity index is 2.63. The fourth-order valence-electron chi connectivity index (χ4n) is 1.64. The molecule has 1 aromatic rings. The van der Waals surface area contributed by atoms with Crippen LogP contribution in [0.3, 0.4) is 0 Å². The van der Waals surface area contributed by atoms with Gasteiger partial charge < -0.3 is 10.6 Å². The molecule has 1 atom stereocenters. The summed E-state index contributed by atoms with van der Waals surface area (Å²) < 4.78 is 25.0. The molecule has 0 fully saturated rings. The van der Waals surface area contributed by atoms with Crippen molar-refractivity contribution in [2.75, 3.05) is 14.1 Å². The molecule has 0 saturated carbocycles. The number of amides is 2. The second kappa shape index (κ2) is 8.07. The van der Waals surface area contributed by atoms with Crippen molar-refractivity contribution in [1.82, 2.24) is 14.9 Å². The van der Waals surface area contributed by atoms with Gasteiger partial charge in [-0.25, -0.2) is 12.7 Å². The van der Waals surface area contributed by atoms with Crippen molar-refractivity contribution in [2.24, 2.45) is 0 Å². The number of rotatable bonds is 6. The van der Waals surface area contributed by atoms with Crippen molar-refractivity contribution in [3.8, 4) is 0 Å². The topological polar surface area (TPSA) is 95.6 Å². The summed E-state index contributed by atoms with van der Waals surface area (Å²) in [5.74, 6) is -1.39. The van der Waals surface area contributed by atoms with Crippen LogP contribution >= 0.6 is 0 Å². The van der Waals surface area contributed by atoms with E-state index in [1.165, 1.54) is 26.2 Å². The van der Waals surface area contributed by atoms with Crippen LogP contribution < -0.4 is 10.6 Å². The highest BCUT2D eigenvalue weighted by atomic mass is 32.2. The van der Waals surface area contributed by atoms with E-state index in [1.54, 1.807) is 12.1 Å². The molecule has 1 aromatic carbocycles. The number of nitrogens with zero attached hydrogens (tertiary/aromatic N) is 1. The molecular formula is C15H23N3O4S. The first-order valence-electron chi connectivity index (χ1n) is 7.28. The van der Waals surface area contributed by atoms with Crippen LogP contribution in [0.1, 0.15) is 25.8 Å². The molecule has 2 N–H and O–H groups in total. The van der Waals surface area contributed by atoms with E-state index < -0.39 is 21.8 Å². The van der Waals surface area contributed by atoms with Gasteiger partial charge in [0.1, 0.15) is 0 Å². The third-order valence-corrected chi connectivity index (χ3v) is 5.18. The Morgan fingerprint density at radius 2 is 1.70 bits per heavy atom. The number of carbonyl (C=O) groups excluding carboxylic acids is 2. The molecule has 23 heavy (non-hydrogen) atoms. The molecule has 0 radical (unpaired) electrons. The Morgan fingerprint density at radius 3 is 2.17 bits per heavy atom. The van der Waals surface area contributed by atoms with Gasteiger partial charge in [0.15, 0.2) is 0 Å². The van der Waals surface area contributed by atoms with E-state index >= 15 is 0 Å². The van der Waals surface area contributed by atoms with Crippen LogP contribution in [0.2, 0.25) is 0 Å². The summed E-state index contributed by atoms with van der Waals surface area (Å²) in [4.78, 5) is 23.4. The van der Waals surface area contributed by atoms with E-state index in [1.807, 2.05) is 13.8 Å². The third kappa shape index (κ3) is 5.33. The van der Waals surface area contributed by atoms with Crippen LogP contribution in [0.15, 0.2) is 29.2 Å². The second-order valence-corrected chi connectivity index (χ2v) is 7.55. The summed E-state index contributed by atoms with van der Waals surface area (Å²) in [6.07, 6.45) is 0.737. The highest BCUT2D eigenvalue weighted by Gasteiger charge is 2.17. The zero-order valence-corrected chi connectivity index (χ0v) is 14.6. The van der Waals surface area contributed by atoms with Gasteiger partial charge in [-0.05, 0) is 31.0 Å². The summed E-state index contributed by atoms with van der Waals surface area (Å²) >= 11 is 0. The minimum Gasteiger partial charge on any atom is -0.345 e. The molecule has 0 aliphatic carbocycles. The van der Waals surface area contributed by atoms with Crippen molar-refractivity contribution in [3.05, 3.63) is 29.8 Å². The van der Waals surface area contributed by atoms with Gasteiger partial charge in [0, 0.05) is 26.7 Å². The van der Waals surface area contributed by atoms with Crippen molar-refractivity contribution < 1.29 is 18.0 Å². The SMILES string of the molecule is CC[C@@H](C)NC(=O)C(=O)NCc1ccc(S(=O)(=O)N(C)C)cc1. The Labute approximate surface area is 137 Å². The summed E-state index contributed by atoms with van der Waals surface area (Å²) in [6.45, 7) is 3.87. The average molecular weight is 341 g/mol. The molecule has 1 rings (SSSR count). The maximum atomic E-state index is 11.9. The first-order chi connectivity index (χ1) is 10.7. The number of nitrogens with one attached hydrogen (secondary N) is 2. The van der Waals surface area contributed by atoms with Crippen molar-refractivity contribution >= 4 is 21.8 Å². The molecule has 0 aliphatic rings. The van der Waals surface area contributed by atoms with Crippen LogP contribution in [-0.4, -0.2) is 44.7 Å². The number of benzene rings is 1. The van der Waals surface area contributed by atoms with Crippen molar-refractivity contribution in [2.45, 2.75) is 37.8 Å². The van der Waals surface area contributed by atoms with Crippen molar-refractivity contribution in [3.63, 3.8) is 0 Å². The van der Waals surface area contributed by atoms with E-state index in [4.69, 9.17) is 0 Å². The van der Waals surface area contributed by atoms with Crippen LogP contribution in [-0.2, 0) is 26.2 Å². The van der Waals surface area contributed by atoms with Gasteiger partial charge in [0.05, 0.1) is 4.90 Å². The highest BCUT2D eigenvalue weighted by Crippen LogP contribution is 2.13. The number of sulfonamides is 1. The zero-order chi connectivity index (χ0) is 17.6. The van der Waals surface area contributed by atoms with E-state index in [0.29, 0.717) is 5.56 Å². The molecule has 128 valence electrons. The standard InChI is InChI=1S/C15H23N3O4S/c1-5-11(2)17-15(20)14(19)16-10-12-6-8-13(9-7-12)23(21,22)18(3)4/h6-9,11H,5,10H2,1-4H3,(H,16,19)(H,17,20)/t11-/m1/s1. The monoisotopic (exact) mass is 341 g/mol. The van der Waals surface area contributed by atoms with Crippen LogP contribution in [0.4, 0.5) is 0 Å². The number of hydrogen-bond acceptors (Lipinski definition) is 4. The van der Waals surface area contributed by atoms with E-state index in [0.717, 1.165) is 10.7 Å². The molecule has 0 aliphatic heterocycles. The lowest BCUT2D eigenvalue weighted by Gasteiger charge is -2.12. The number of hydrogen-bond donors (Lipinski definition) is 2. The number of carbonyl (C=O) groups is 2. The molecule has 0 heterocycles. The molecule has 0 aromatic heterocycles. The molecule has 7 nitrogen and oxygen atoms in total. The lowest BCUT2D eigenvalue weighted by atomic mass is 10.2. The second-order valence-electron chi connectivity index (χ2n) is 5.40.